The maximum Gasteiger partial charge on any atom is 0.308 e. The van der Waals surface area contributed by atoms with Crippen molar-refractivity contribution in [1.29, 1.82) is 0 Å². The topological polar surface area (TPSA) is 40.5 Å². The summed E-state index contributed by atoms with van der Waals surface area (Å²) in [5, 5.41) is 0. The van der Waals surface area contributed by atoms with Crippen LogP contribution in [-0.4, -0.2) is 18.3 Å². The van der Waals surface area contributed by atoms with Gasteiger partial charge in [-0.3, -0.25) is 9.36 Å². The minimum Gasteiger partial charge on any atom is -0.493 e. The van der Waals surface area contributed by atoms with Crippen LogP contribution < -0.4 is 14.3 Å². The molecule has 132 valence electrons. The van der Waals surface area contributed by atoms with E-state index in [-0.39, 0.29) is 4.87 Å². The molecular weight excluding hydrogens is 334 g/mol. The predicted molar refractivity (Wildman–Crippen MR) is 103 cm³/mol. The number of benzene rings is 2. The number of rotatable bonds is 8. The zero-order chi connectivity index (χ0) is 17.6. The molecule has 4 nitrogen and oxygen atoms in total. The van der Waals surface area contributed by atoms with Gasteiger partial charge in [0, 0.05) is 0 Å². The van der Waals surface area contributed by atoms with Crippen LogP contribution in [0, 0.1) is 0 Å². The van der Waals surface area contributed by atoms with E-state index in [9.17, 15) is 4.79 Å². The molecule has 1 heterocycles. The molecule has 0 spiro atoms. The maximum absolute atomic E-state index is 12.3. The molecule has 25 heavy (non-hydrogen) atoms. The SMILES string of the molecule is CCCCCOc1ccc(Cn2c(=O)sc3ccccc32)cc1OC. The second kappa shape index (κ2) is 8.21. The highest BCUT2D eigenvalue weighted by Crippen LogP contribution is 2.29. The van der Waals surface area contributed by atoms with E-state index in [0.29, 0.717) is 18.9 Å². The van der Waals surface area contributed by atoms with Crippen molar-refractivity contribution < 1.29 is 9.47 Å². The Kier molecular flexibility index (Phi) is 5.76. The largest absolute Gasteiger partial charge is 0.493 e. The van der Waals surface area contributed by atoms with E-state index in [1.807, 2.05) is 42.5 Å². The van der Waals surface area contributed by atoms with Gasteiger partial charge in [-0.25, -0.2) is 0 Å². The molecule has 0 saturated carbocycles. The number of hydrogen-bond donors (Lipinski definition) is 0. The van der Waals surface area contributed by atoms with Crippen LogP contribution in [0.15, 0.2) is 47.3 Å². The molecule has 0 fully saturated rings. The zero-order valence-electron chi connectivity index (χ0n) is 14.7. The molecule has 0 N–H and O–H groups in total. The monoisotopic (exact) mass is 357 g/mol. The van der Waals surface area contributed by atoms with Crippen molar-refractivity contribution in [2.75, 3.05) is 13.7 Å². The summed E-state index contributed by atoms with van der Waals surface area (Å²) in [5.74, 6) is 1.46. The van der Waals surface area contributed by atoms with Gasteiger partial charge in [-0.2, -0.15) is 0 Å². The number of thiazole rings is 1. The van der Waals surface area contributed by atoms with Crippen LogP contribution in [0.4, 0.5) is 0 Å². The van der Waals surface area contributed by atoms with Gasteiger partial charge in [0.25, 0.3) is 0 Å². The molecule has 0 unspecified atom stereocenters. The molecule has 0 aliphatic rings. The first-order valence-electron chi connectivity index (χ1n) is 8.61. The molecule has 0 bridgehead atoms. The van der Waals surface area contributed by atoms with E-state index in [1.165, 1.54) is 17.8 Å². The van der Waals surface area contributed by atoms with Gasteiger partial charge in [-0.05, 0) is 36.2 Å². The number of methoxy groups -OCH3 is 1. The summed E-state index contributed by atoms with van der Waals surface area (Å²) in [6.45, 7) is 3.39. The molecule has 0 amide bonds. The first-order chi connectivity index (χ1) is 12.2. The van der Waals surface area contributed by atoms with E-state index in [4.69, 9.17) is 9.47 Å². The van der Waals surface area contributed by atoms with Crippen molar-refractivity contribution in [2.24, 2.45) is 0 Å². The van der Waals surface area contributed by atoms with E-state index in [1.54, 1.807) is 11.7 Å². The van der Waals surface area contributed by atoms with Gasteiger partial charge in [-0.1, -0.05) is 49.3 Å². The average molecular weight is 357 g/mol. The van der Waals surface area contributed by atoms with Crippen LogP contribution in [0.5, 0.6) is 11.5 Å². The third-order valence-corrected chi connectivity index (χ3v) is 5.11. The lowest BCUT2D eigenvalue weighted by atomic mass is 10.2. The molecule has 3 aromatic rings. The quantitative estimate of drug-likeness (QED) is 0.549. The lowest BCUT2D eigenvalue weighted by molar-refractivity contribution is 0.286. The summed E-state index contributed by atoms with van der Waals surface area (Å²) in [6.07, 6.45) is 3.37. The lowest BCUT2D eigenvalue weighted by Crippen LogP contribution is -2.13. The molecule has 0 radical (unpaired) electrons. The standard InChI is InChI=1S/C20H23NO3S/c1-3-4-7-12-24-17-11-10-15(13-18(17)23-2)14-21-16-8-5-6-9-19(16)25-20(21)22/h5-6,8-11,13H,3-4,7,12,14H2,1-2H3. The number of nitrogens with zero attached hydrogens (tertiary/aromatic N) is 1. The number of unbranched alkanes of at least 4 members (excludes halogenated alkanes) is 2. The van der Waals surface area contributed by atoms with E-state index in [0.717, 1.165) is 34.4 Å². The highest BCUT2D eigenvalue weighted by Gasteiger charge is 2.10. The van der Waals surface area contributed by atoms with Crippen molar-refractivity contribution >= 4 is 21.6 Å². The molecule has 2 aromatic carbocycles. The Morgan fingerprint density at radius 1 is 1.08 bits per heavy atom. The first-order valence-corrected chi connectivity index (χ1v) is 9.42. The Hall–Kier alpha value is -2.27. The summed E-state index contributed by atoms with van der Waals surface area (Å²) in [7, 11) is 1.64. The Balaban J connectivity index is 1.80. The molecule has 0 atom stereocenters. The van der Waals surface area contributed by atoms with Crippen molar-refractivity contribution in [3.63, 3.8) is 0 Å². The molecule has 5 heteroatoms. The zero-order valence-corrected chi connectivity index (χ0v) is 15.5. The van der Waals surface area contributed by atoms with Gasteiger partial charge in [0.05, 0.1) is 30.5 Å². The van der Waals surface area contributed by atoms with Gasteiger partial charge in [0.15, 0.2) is 11.5 Å². The van der Waals surface area contributed by atoms with Crippen molar-refractivity contribution in [3.05, 3.63) is 57.7 Å². The molecule has 0 aliphatic heterocycles. The first kappa shape index (κ1) is 17.5. The fourth-order valence-electron chi connectivity index (χ4n) is 2.81. The normalized spacial score (nSPS) is 11.0. The Morgan fingerprint density at radius 2 is 1.92 bits per heavy atom. The van der Waals surface area contributed by atoms with Crippen molar-refractivity contribution in [3.8, 4) is 11.5 Å². The van der Waals surface area contributed by atoms with Crippen LogP contribution in [0.3, 0.4) is 0 Å². The van der Waals surface area contributed by atoms with E-state index in [2.05, 4.69) is 6.92 Å². The van der Waals surface area contributed by atoms with Crippen molar-refractivity contribution in [1.82, 2.24) is 4.57 Å². The minimum atomic E-state index is 0.0556. The fourth-order valence-corrected chi connectivity index (χ4v) is 3.70. The van der Waals surface area contributed by atoms with E-state index < -0.39 is 0 Å². The average Bonchev–Trinajstić information content (AvgIpc) is 2.95. The number of hydrogen-bond acceptors (Lipinski definition) is 4. The van der Waals surface area contributed by atoms with Gasteiger partial charge >= 0.3 is 4.87 Å². The van der Waals surface area contributed by atoms with Crippen LogP contribution in [-0.2, 0) is 6.54 Å². The summed E-state index contributed by atoms with van der Waals surface area (Å²) in [4.78, 5) is 12.3. The van der Waals surface area contributed by atoms with E-state index >= 15 is 0 Å². The van der Waals surface area contributed by atoms with Crippen LogP contribution in [0.2, 0.25) is 0 Å². The molecule has 0 aliphatic carbocycles. The highest BCUT2D eigenvalue weighted by molar-refractivity contribution is 7.16. The van der Waals surface area contributed by atoms with Crippen LogP contribution in [0.1, 0.15) is 31.7 Å². The lowest BCUT2D eigenvalue weighted by Gasteiger charge is -2.12. The molecular formula is C20H23NO3S. The smallest absolute Gasteiger partial charge is 0.308 e. The highest BCUT2D eigenvalue weighted by atomic mass is 32.1. The summed E-state index contributed by atoms with van der Waals surface area (Å²) >= 11 is 1.28. The second-order valence-electron chi connectivity index (χ2n) is 5.96. The summed E-state index contributed by atoms with van der Waals surface area (Å²) < 4.78 is 14.1. The van der Waals surface area contributed by atoms with Gasteiger partial charge in [0.2, 0.25) is 0 Å². The summed E-state index contributed by atoms with van der Waals surface area (Å²) in [6, 6.07) is 13.8. The summed E-state index contributed by atoms with van der Waals surface area (Å²) in [5.41, 5.74) is 1.99. The second-order valence-corrected chi connectivity index (χ2v) is 6.96. The number of fused-ring (bicyclic) bond motifs is 1. The minimum absolute atomic E-state index is 0.0556. The maximum atomic E-state index is 12.3. The molecule has 1 aromatic heterocycles. The fraction of sp³-hybridized carbons (Fsp3) is 0.350. The molecule has 0 saturated heterocycles. The van der Waals surface area contributed by atoms with Gasteiger partial charge in [-0.15, -0.1) is 0 Å². The third-order valence-electron chi connectivity index (χ3n) is 4.15. The predicted octanol–water partition coefficient (Wildman–Crippen LogP) is 4.69. The number of aromatic nitrogens is 1. The number of ether oxygens (including phenoxy) is 2. The Bertz CT molecular complexity index is 897. The third kappa shape index (κ3) is 4.04. The molecule has 3 rings (SSSR count). The van der Waals surface area contributed by atoms with Crippen LogP contribution in [0.25, 0.3) is 10.2 Å². The van der Waals surface area contributed by atoms with Crippen LogP contribution >= 0.6 is 11.3 Å². The Morgan fingerprint density at radius 3 is 2.72 bits per heavy atom. The number of para-hydroxylation sites is 1. The van der Waals surface area contributed by atoms with Crippen molar-refractivity contribution in [2.45, 2.75) is 32.7 Å². The van der Waals surface area contributed by atoms with Gasteiger partial charge in [0.1, 0.15) is 0 Å². The Labute approximate surface area is 151 Å². The van der Waals surface area contributed by atoms with Gasteiger partial charge < -0.3 is 9.47 Å².